The van der Waals surface area contributed by atoms with Crippen LogP contribution in [0.25, 0.3) is 0 Å². The van der Waals surface area contributed by atoms with E-state index < -0.39 is 0 Å². The summed E-state index contributed by atoms with van der Waals surface area (Å²) in [6, 6.07) is 9.81. The quantitative estimate of drug-likeness (QED) is 0.934. The lowest BCUT2D eigenvalue weighted by Gasteiger charge is -2.34. The van der Waals surface area contributed by atoms with Crippen molar-refractivity contribution in [1.29, 1.82) is 0 Å². The lowest BCUT2D eigenvalue weighted by atomic mass is 9.86. The van der Waals surface area contributed by atoms with Gasteiger partial charge in [0.1, 0.15) is 0 Å². The molecule has 1 aromatic heterocycles. The zero-order valence-corrected chi connectivity index (χ0v) is 13.2. The highest BCUT2D eigenvalue weighted by atomic mass is 15.1. The summed E-state index contributed by atoms with van der Waals surface area (Å²) in [6.07, 6.45) is 8.10. The van der Waals surface area contributed by atoms with Gasteiger partial charge >= 0.3 is 0 Å². The predicted molar refractivity (Wildman–Crippen MR) is 86.2 cm³/mol. The number of aromatic nitrogens is 2. The molecule has 3 heteroatoms. The zero-order valence-electron chi connectivity index (χ0n) is 13.2. The molecular formula is C18H25N3. The van der Waals surface area contributed by atoms with Crippen LogP contribution in [0.2, 0.25) is 0 Å². The van der Waals surface area contributed by atoms with E-state index in [-0.39, 0.29) is 5.41 Å². The average Bonchev–Trinajstić information content (AvgIpc) is 3.04. The second-order valence-electron chi connectivity index (χ2n) is 7.22. The summed E-state index contributed by atoms with van der Waals surface area (Å²) in [5.41, 5.74) is 3.23. The fraction of sp³-hybridized carbons (Fsp3) is 0.500. The van der Waals surface area contributed by atoms with Gasteiger partial charge in [-0.15, -0.1) is 0 Å². The third-order valence-corrected chi connectivity index (χ3v) is 4.49. The number of benzene rings is 1. The minimum Gasteiger partial charge on any atom is -0.336 e. The average molecular weight is 283 g/mol. The number of imidazole rings is 1. The second kappa shape index (κ2) is 5.64. The lowest BCUT2D eigenvalue weighted by Crippen LogP contribution is -2.48. The third kappa shape index (κ3) is 3.35. The van der Waals surface area contributed by atoms with Crippen LogP contribution in [0.4, 0.5) is 0 Å². The van der Waals surface area contributed by atoms with Crippen LogP contribution in [0.3, 0.4) is 0 Å². The van der Waals surface area contributed by atoms with Gasteiger partial charge in [-0.1, -0.05) is 45.0 Å². The Hall–Kier alpha value is -1.61. The number of nitrogens with one attached hydrogen (secondary N) is 1. The smallest absolute Gasteiger partial charge is 0.0946 e. The summed E-state index contributed by atoms with van der Waals surface area (Å²) >= 11 is 0. The molecule has 0 radical (unpaired) electrons. The molecule has 3 nitrogen and oxygen atoms in total. The van der Waals surface area contributed by atoms with E-state index in [1.54, 1.807) is 0 Å². The molecule has 0 fully saturated rings. The van der Waals surface area contributed by atoms with Gasteiger partial charge in [0, 0.05) is 31.0 Å². The highest BCUT2D eigenvalue weighted by Gasteiger charge is 2.29. The van der Waals surface area contributed by atoms with Gasteiger partial charge in [0.15, 0.2) is 0 Å². The van der Waals surface area contributed by atoms with Crippen LogP contribution in [0.5, 0.6) is 0 Å². The molecule has 21 heavy (non-hydrogen) atoms. The molecule has 1 aliphatic rings. The minimum absolute atomic E-state index is 0.221. The Bertz CT molecular complexity index is 556. The van der Waals surface area contributed by atoms with Gasteiger partial charge in [-0.2, -0.15) is 0 Å². The first-order valence-corrected chi connectivity index (χ1v) is 7.81. The van der Waals surface area contributed by atoms with Gasteiger partial charge in [-0.3, -0.25) is 0 Å². The highest BCUT2D eigenvalue weighted by molar-refractivity contribution is 5.33. The Morgan fingerprint density at radius 3 is 2.43 bits per heavy atom. The molecule has 1 aromatic carbocycles. The first kappa shape index (κ1) is 14.3. The van der Waals surface area contributed by atoms with Crippen LogP contribution < -0.4 is 5.32 Å². The summed E-state index contributed by atoms with van der Waals surface area (Å²) in [7, 11) is 0. The number of nitrogens with zero attached hydrogens (tertiary/aromatic N) is 2. The maximum Gasteiger partial charge on any atom is 0.0946 e. The van der Waals surface area contributed by atoms with Crippen molar-refractivity contribution in [3.05, 3.63) is 54.1 Å². The van der Waals surface area contributed by atoms with Gasteiger partial charge in [-0.25, -0.2) is 4.98 Å². The summed E-state index contributed by atoms with van der Waals surface area (Å²) in [6.45, 7) is 7.90. The third-order valence-electron chi connectivity index (χ3n) is 4.49. The van der Waals surface area contributed by atoms with Gasteiger partial charge in [0.25, 0.3) is 0 Å². The van der Waals surface area contributed by atoms with Crippen molar-refractivity contribution in [2.45, 2.75) is 52.2 Å². The van der Waals surface area contributed by atoms with E-state index in [0.29, 0.717) is 12.1 Å². The van der Waals surface area contributed by atoms with Crippen LogP contribution in [0.1, 0.15) is 31.9 Å². The number of hydrogen-bond acceptors (Lipinski definition) is 2. The second-order valence-corrected chi connectivity index (χ2v) is 7.22. The van der Waals surface area contributed by atoms with Gasteiger partial charge in [0.2, 0.25) is 0 Å². The minimum atomic E-state index is 0.221. The van der Waals surface area contributed by atoms with Crippen molar-refractivity contribution in [2.24, 2.45) is 5.41 Å². The molecule has 2 aromatic rings. The Morgan fingerprint density at radius 1 is 1.24 bits per heavy atom. The molecule has 0 amide bonds. The van der Waals surface area contributed by atoms with Gasteiger partial charge < -0.3 is 9.88 Å². The number of hydrogen-bond donors (Lipinski definition) is 1. The molecule has 1 heterocycles. The molecular weight excluding hydrogens is 258 g/mol. The molecule has 1 N–H and O–H groups in total. The molecule has 0 unspecified atom stereocenters. The van der Waals surface area contributed by atoms with Crippen molar-refractivity contribution in [1.82, 2.24) is 14.9 Å². The SMILES string of the molecule is CC(C)(C)[C@H](Cn1ccnc1)NC1Cc2ccccc2C1. The lowest BCUT2D eigenvalue weighted by molar-refractivity contribution is 0.222. The van der Waals surface area contributed by atoms with Crippen molar-refractivity contribution in [3.63, 3.8) is 0 Å². The first-order chi connectivity index (χ1) is 10.0. The monoisotopic (exact) mass is 283 g/mol. The largest absolute Gasteiger partial charge is 0.336 e. The van der Waals surface area contributed by atoms with Crippen molar-refractivity contribution < 1.29 is 0 Å². The maximum absolute atomic E-state index is 4.16. The van der Waals surface area contributed by atoms with E-state index in [2.05, 4.69) is 59.9 Å². The molecule has 1 atom stereocenters. The van der Waals surface area contributed by atoms with E-state index in [1.807, 2.05) is 18.7 Å². The molecule has 0 bridgehead atoms. The molecule has 0 saturated carbocycles. The Labute approximate surface area is 127 Å². The van der Waals surface area contributed by atoms with Crippen LogP contribution in [0.15, 0.2) is 43.0 Å². The molecule has 0 aliphatic heterocycles. The van der Waals surface area contributed by atoms with Crippen molar-refractivity contribution in [2.75, 3.05) is 0 Å². The molecule has 112 valence electrons. The first-order valence-electron chi connectivity index (χ1n) is 7.81. The van der Waals surface area contributed by atoms with Crippen molar-refractivity contribution in [3.8, 4) is 0 Å². The van der Waals surface area contributed by atoms with Crippen molar-refractivity contribution >= 4 is 0 Å². The Morgan fingerprint density at radius 2 is 1.90 bits per heavy atom. The van der Waals surface area contributed by atoms with E-state index in [0.717, 1.165) is 19.4 Å². The van der Waals surface area contributed by atoms with Crippen LogP contribution >= 0.6 is 0 Å². The summed E-state index contributed by atoms with van der Waals surface area (Å²) in [5, 5.41) is 3.89. The van der Waals surface area contributed by atoms with E-state index in [4.69, 9.17) is 0 Å². The van der Waals surface area contributed by atoms with E-state index in [1.165, 1.54) is 11.1 Å². The molecule has 0 saturated heterocycles. The summed E-state index contributed by atoms with van der Waals surface area (Å²) in [4.78, 5) is 4.16. The Balaban J connectivity index is 1.69. The zero-order chi connectivity index (χ0) is 14.9. The highest BCUT2D eigenvalue weighted by Crippen LogP contribution is 2.26. The summed E-state index contributed by atoms with van der Waals surface area (Å²) in [5.74, 6) is 0. The normalized spacial score (nSPS) is 16.9. The predicted octanol–water partition coefficient (Wildman–Crippen LogP) is 3.05. The standard InChI is InChI=1S/C18H25N3/c1-18(2,3)17(12-21-9-8-19-13-21)20-16-10-14-6-4-5-7-15(14)11-16/h4-9,13,16-17,20H,10-12H2,1-3H3/t17-/m0/s1. The Kier molecular flexibility index (Phi) is 3.85. The maximum atomic E-state index is 4.16. The van der Waals surface area contributed by atoms with Crippen LogP contribution in [-0.4, -0.2) is 21.6 Å². The fourth-order valence-electron chi connectivity index (χ4n) is 3.14. The molecule has 3 rings (SSSR count). The van der Waals surface area contributed by atoms with Gasteiger partial charge in [-0.05, 0) is 29.4 Å². The van der Waals surface area contributed by atoms with E-state index in [9.17, 15) is 0 Å². The summed E-state index contributed by atoms with van der Waals surface area (Å²) < 4.78 is 2.17. The number of fused-ring (bicyclic) bond motifs is 1. The van der Waals surface area contributed by atoms with Crippen LogP contribution in [-0.2, 0) is 19.4 Å². The number of rotatable bonds is 4. The van der Waals surface area contributed by atoms with Crippen LogP contribution in [0, 0.1) is 5.41 Å². The topological polar surface area (TPSA) is 29.9 Å². The van der Waals surface area contributed by atoms with E-state index >= 15 is 0 Å². The molecule has 1 aliphatic carbocycles. The fourth-order valence-corrected chi connectivity index (χ4v) is 3.14. The molecule has 0 spiro atoms. The van der Waals surface area contributed by atoms with Gasteiger partial charge in [0.05, 0.1) is 6.33 Å².